The Kier molecular flexibility index (Phi) is 5.70. The normalized spacial score (nSPS) is 12.6. The molecule has 0 radical (unpaired) electrons. The van der Waals surface area contributed by atoms with Crippen molar-refractivity contribution in [2.45, 2.75) is 18.8 Å². The molecule has 4 aromatic rings. The second kappa shape index (κ2) is 8.46. The van der Waals surface area contributed by atoms with E-state index in [2.05, 4.69) is 4.98 Å². The van der Waals surface area contributed by atoms with Crippen LogP contribution in [-0.2, 0) is 12.7 Å². The minimum absolute atomic E-state index is 0.130. The van der Waals surface area contributed by atoms with Crippen LogP contribution in [-0.4, -0.2) is 26.4 Å². The number of alkyl halides is 3. The van der Waals surface area contributed by atoms with E-state index in [1.165, 1.54) is 18.2 Å². The molecule has 2 heterocycles. The predicted molar refractivity (Wildman–Crippen MR) is 112 cm³/mol. The molecule has 5 nitrogen and oxygen atoms in total. The minimum atomic E-state index is -4.36. The fourth-order valence-electron chi connectivity index (χ4n) is 3.55. The maximum absolute atomic E-state index is 12.8. The van der Waals surface area contributed by atoms with E-state index in [1.807, 2.05) is 41.1 Å². The summed E-state index contributed by atoms with van der Waals surface area (Å²) in [7, 11) is 0. The fourth-order valence-corrected chi connectivity index (χ4v) is 3.55. The van der Waals surface area contributed by atoms with Crippen LogP contribution in [0, 0.1) is 11.3 Å². The molecule has 4 rings (SSSR count). The molecule has 0 unspecified atom stereocenters. The molecular formula is C24H18F3N3O2. The molecule has 162 valence electrons. The molecule has 0 spiro atoms. The average Bonchev–Trinajstić information content (AvgIpc) is 3.19. The summed E-state index contributed by atoms with van der Waals surface area (Å²) in [6.45, 7) is -0.0594. The number of halogens is 3. The molecule has 2 aromatic carbocycles. The largest absolute Gasteiger partial charge is 0.416 e. The van der Waals surface area contributed by atoms with Gasteiger partial charge < -0.3 is 14.8 Å². The highest BCUT2D eigenvalue weighted by Crippen LogP contribution is 2.30. The van der Waals surface area contributed by atoms with Gasteiger partial charge in [-0.05, 0) is 53.6 Å². The van der Waals surface area contributed by atoms with E-state index in [0.29, 0.717) is 17.8 Å². The van der Waals surface area contributed by atoms with E-state index in [1.54, 1.807) is 6.07 Å². The van der Waals surface area contributed by atoms with E-state index in [-0.39, 0.29) is 5.69 Å². The quantitative estimate of drug-likeness (QED) is 0.476. The van der Waals surface area contributed by atoms with Crippen molar-refractivity contribution in [2.24, 2.45) is 0 Å². The number of benzene rings is 2. The first-order valence-electron chi connectivity index (χ1n) is 9.75. The lowest BCUT2D eigenvalue weighted by Gasteiger charge is -2.11. The number of fused-ring (bicyclic) bond motifs is 1. The first-order chi connectivity index (χ1) is 15.3. The van der Waals surface area contributed by atoms with E-state index in [9.17, 15) is 28.6 Å². The Labute approximate surface area is 181 Å². The Morgan fingerprint density at radius 1 is 1.03 bits per heavy atom. The Bertz CT molecular complexity index is 1310. The highest BCUT2D eigenvalue weighted by Gasteiger charge is 2.29. The first kappa shape index (κ1) is 21.6. The lowest BCUT2D eigenvalue weighted by atomic mass is 10.0. The van der Waals surface area contributed by atoms with Crippen molar-refractivity contribution in [1.82, 2.24) is 9.55 Å². The molecule has 0 saturated heterocycles. The van der Waals surface area contributed by atoms with Gasteiger partial charge in [-0.3, -0.25) is 0 Å². The van der Waals surface area contributed by atoms with Crippen molar-refractivity contribution in [3.8, 4) is 17.3 Å². The lowest BCUT2D eigenvalue weighted by molar-refractivity contribution is -0.137. The van der Waals surface area contributed by atoms with E-state index in [0.717, 1.165) is 34.2 Å². The van der Waals surface area contributed by atoms with Crippen LogP contribution in [0.3, 0.4) is 0 Å². The van der Waals surface area contributed by atoms with Crippen molar-refractivity contribution in [1.29, 1.82) is 5.26 Å². The summed E-state index contributed by atoms with van der Waals surface area (Å²) in [6, 6.07) is 17.6. The van der Waals surface area contributed by atoms with Crippen LogP contribution in [0.2, 0.25) is 0 Å². The first-order valence-corrected chi connectivity index (χ1v) is 9.75. The monoisotopic (exact) mass is 437 g/mol. The standard InChI is InChI=1S/C24H18F3N3O2/c25-24(26,27)19-4-1-15(2-5-19)13-30-8-7-17-9-16(3-6-22(17)30)21-11-18(23(32)14-31)10-20(12-28)29-21/h1-11,23,31-32H,13-14H2/t23-/m0/s1. The van der Waals surface area contributed by atoms with Crippen molar-refractivity contribution >= 4 is 10.9 Å². The van der Waals surface area contributed by atoms with Gasteiger partial charge in [0.15, 0.2) is 0 Å². The molecular weight excluding hydrogens is 419 g/mol. The van der Waals surface area contributed by atoms with Gasteiger partial charge in [-0.25, -0.2) is 4.98 Å². The van der Waals surface area contributed by atoms with Gasteiger partial charge in [0.2, 0.25) is 0 Å². The molecule has 1 atom stereocenters. The van der Waals surface area contributed by atoms with Gasteiger partial charge in [0.1, 0.15) is 17.9 Å². The molecule has 2 N–H and O–H groups in total. The topological polar surface area (TPSA) is 82.1 Å². The van der Waals surface area contributed by atoms with Gasteiger partial charge in [0.25, 0.3) is 0 Å². The molecule has 0 aliphatic rings. The Morgan fingerprint density at radius 2 is 1.78 bits per heavy atom. The Hall–Kier alpha value is -3.67. The molecule has 8 heteroatoms. The average molecular weight is 437 g/mol. The molecule has 0 fully saturated rings. The van der Waals surface area contributed by atoms with Crippen LogP contribution < -0.4 is 0 Å². The summed E-state index contributed by atoms with van der Waals surface area (Å²) >= 11 is 0. The molecule has 0 bridgehead atoms. The van der Waals surface area contributed by atoms with Crippen molar-refractivity contribution in [3.05, 3.63) is 89.2 Å². The summed E-state index contributed by atoms with van der Waals surface area (Å²) in [5, 5.41) is 29.3. The van der Waals surface area contributed by atoms with Crippen LogP contribution in [0.1, 0.15) is 28.5 Å². The summed E-state index contributed by atoms with van der Waals surface area (Å²) in [4.78, 5) is 4.30. The second-order valence-corrected chi connectivity index (χ2v) is 7.39. The maximum Gasteiger partial charge on any atom is 0.416 e. The van der Waals surface area contributed by atoms with Gasteiger partial charge in [0, 0.05) is 29.2 Å². The molecule has 0 aliphatic heterocycles. The van der Waals surface area contributed by atoms with Gasteiger partial charge in [-0.15, -0.1) is 0 Å². The van der Waals surface area contributed by atoms with E-state index >= 15 is 0 Å². The zero-order valence-electron chi connectivity index (χ0n) is 16.7. The Balaban J connectivity index is 1.64. The number of nitriles is 1. The lowest BCUT2D eigenvalue weighted by Crippen LogP contribution is -2.05. The smallest absolute Gasteiger partial charge is 0.393 e. The number of aliphatic hydroxyl groups excluding tert-OH is 2. The number of hydrogen-bond donors (Lipinski definition) is 2. The van der Waals surface area contributed by atoms with Gasteiger partial charge in [0.05, 0.1) is 17.9 Å². The van der Waals surface area contributed by atoms with E-state index < -0.39 is 24.5 Å². The van der Waals surface area contributed by atoms with Crippen molar-refractivity contribution in [2.75, 3.05) is 6.61 Å². The fraction of sp³-hybridized carbons (Fsp3) is 0.167. The SMILES string of the molecule is N#Cc1cc([C@@H](O)CO)cc(-c2ccc3c(ccn3Cc3ccc(C(F)(F)F)cc3)c2)n1. The van der Waals surface area contributed by atoms with E-state index in [4.69, 9.17) is 0 Å². The zero-order valence-corrected chi connectivity index (χ0v) is 16.7. The molecule has 2 aromatic heterocycles. The summed E-state index contributed by atoms with van der Waals surface area (Å²) in [5.74, 6) is 0. The third-order valence-electron chi connectivity index (χ3n) is 5.22. The third kappa shape index (κ3) is 4.35. The molecule has 0 saturated carbocycles. The Morgan fingerprint density at radius 3 is 2.44 bits per heavy atom. The van der Waals surface area contributed by atoms with Crippen molar-refractivity contribution in [3.63, 3.8) is 0 Å². The third-order valence-corrected chi connectivity index (χ3v) is 5.22. The number of nitrogens with zero attached hydrogens (tertiary/aromatic N) is 3. The number of rotatable bonds is 5. The maximum atomic E-state index is 12.8. The van der Waals surface area contributed by atoms with Crippen LogP contribution in [0.5, 0.6) is 0 Å². The number of pyridine rings is 1. The van der Waals surface area contributed by atoms with Gasteiger partial charge >= 0.3 is 6.18 Å². The second-order valence-electron chi connectivity index (χ2n) is 7.39. The van der Waals surface area contributed by atoms with Crippen LogP contribution in [0.4, 0.5) is 13.2 Å². The van der Waals surface area contributed by atoms with Crippen LogP contribution in [0.25, 0.3) is 22.2 Å². The van der Waals surface area contributed by atoms with Crippen molar-refractivity contribution < 1.29 is 23.4 Å². The highest BCUT2D eigenvalue weighted by atomic mass is 19.4. The molecule has 0 amide bonds. The van der Waals surface area contributed by atoms with Gasteiger partial charge in [-0.1, -0.05) is 18.2 Å². The van der Waals surface area contributed by atoms with Crippen LogP contribution >= 0.6 is 0 Å². The van der Waals surface area contributed by atoms with Crippen LogP contribution in [0.15, 0.2) is 66.9 Å². The minimum Gasteiger partial charge on any atom is -0.393 e. The zero-order chi connectivity index (χ0) is 22.9. The number of aliphatic hydroxyl groups is 2. The number of hydrogen-bond acceptors (Lipinski definition) is 4. The molecule has 0 aliphatic carbocycles. The predicted octanol–water partition coefficient (Wildman–Crippen LogP) is 4.67. The summed E-state index contributed by atoms with van der Waals surface area (Å²) < 4.78 is 40.2. The summed E-state index contributed by atoms with van der Waals surface area (Å²) in [6.07, 6.45) is -3.62. The summed E-state index contributed by atoms with van der Waals surface area (Å²) in [5.41, 5.74) is 2.70. The number of aromatic nitrogens is 2. The highest BCUT2D eigenvalue weighted by molar-refractivity contribution is 5.85. The van der Waals surface area contributed by atoms with Gasteiger partial charge in [-0.2, -0.15) is 18.4 Å². The molecule has 32 heavy (non-hydrogen) atoms.